The second kappa shape index (κ2) is 6.03. The number of halogens is 3. The lowest BCUT2D eigenvalue weighted by Gasteiger charge is -2.15. The molecule has 0 amide bonds. The molecule has 19 heavy (non-hydrogen) atoms. The summed E-state index contributed by atoms with van der Waals surface area (Å²) in [4.78, 5) is 0. The molecule has 0 heterocycles. The van der Waals surface area contributed by atoms with Gasteiger partial charge in [-0.25, -0.2) is 4.39 Å². The monoisotopic (exact) mass is 387 g/mol. The summed E-state index contributed by atoms with van der Waals surface area (Å²) in [6.45, 7) is 0. The van der Waals surface area contributed by atoms with Crippen LogP contribution in [0.5, 0.6) is 5.75 Å². The maximum Gasteiger partial charge on any atom is 0.165 e. The minimum atomic E-state index is -0.413. The van der Waals surface area contributed by atoms with Crippen LogP contribution in [0.2, 0.25) is 0 Å². The van der Waals surface area contributed by atoms with Gasteiger partial charge in [0.15, 0.2) is 11.6 Å². The van der Waals surface area contributed by atoms with Gasteiger partial charge in [0.2, 0.25) is 0 Å². The van der Waals surface area contributed by atoms with E-state index in [1.54, 1.807) is 12.1 Å². The first-order chi connectivity index (χ1) is 9.02. The van der Waals surface area contributed by atoms with Gasteiger partial charge in [-0.1, -0.05) is 44.0 Å². The molecule has 0 saturated heterocycles. The van der Waals surface area contributed by atoms with E-state index in [0.29, 0.717) is 5.56 Å². The van der Waals surface area contributed by atoms with Gasteiger partial charge < -0.3 is 10.5 Å². The van der Waals surface area contributed by atoms with E-state index in [1.165, 1.54) is 13.2 Å². The van der Waals surface area contributed by atoms with Crippen LogP contribution in [0, 0.1) is 5.82 Å². The molecular formula is C14H12Br2FNO. The third-order valence-corrected chi connectivity index (χ3v) is 4.01. The van der Waals surface area contributed by atoms with Crippen molar-refractivity contribution >= 4 is 31.9 Å². The quantitative estimate of drug-likeness (QED) is 0.845. The molecule has 1 unspecified atom stereocenters. The normalized spacial score (nSPS) is 12.3. The average Bonchev–Trinajstić information content (AvgIpc) is 2.38. The minimum absolute atomic E-state index is 0.214. The Hall–Kier alpha value is -0.910. The van der Waals surface area contributed by atoms with Gasteiger partial charge in [-0.2, -0.15) is 0 Å². The van der Waals surface area contributed by atoms with Gasteiger partial charge in [-0.3, -0.25) is 0 Å². The molecule has 0 aliphatic rings. The smallest absolute Gasteiger partial charge is 0.165 e. The molecule has 2 N–H and O–H groups in total. The molecule has 2 rings (SSSR count). The Bertz CT molecular complexity index is 604. The summed E-state index contributed by atoms with van der Waals surface area (Å²) in [5.74, 6) is -0.200. The second-order valence-corrected chi connectivity index (χ2v) is 5.81. The fourth-order valence-corrected chi connectivity index (χ4v) is 3.10. The van der Waals surface area contributed by atoms with Crippen LogP contribution in [0.25, 0.3) is 0 Å². The summed E-state index contributed by atoms with van der Waals surface area (Å²) in [5, 5.41) is 0. The van der Waals surface area contributed by atoms with E-state index in [9.17, 15) is 4.39 Å². The van der Waals surface area contributed by atoms with Gasteiger partial charge in [0.05, 0.1) is 13.2 Å². The van der Waals surface area contributed by atoms with E-state index in [0.717, 1.165) is 14.5 Å². The molecule has 0 aliphatic carbocycles. The zero-order valence-corrected chi connectivity index (χ0v) is 13.3. The summed E-state index contributed by atoms with van der Waals surface area (Å²) in [7, 11) is 1.43. The SMILES string of the molecule is COc1ccc(C(N)c2ccc(Br)cc2Br)cc1F. The Morgan fingerprint density at radius 1 is 1.16 bits per heavy atom. The van der Waals surface area contributed by atoms with E-state index in [-0.39, 0.29) is 5.75 Å². The maximum absolute atomic E-state index is 13.7. The van der Waals surface area contributed by atoms with E-state index in [4.69, 9.17) is 10.5 Å². The molecular weight excluding hydrogens is 377 g/mol. The Kier molecular flexibility index (Phi) is 4.60. The summed E-state index contributed by atoms with van der Waals surface area (Å²) in [6.07, 6.45) is 0. The van der Waals surface area contributed by atoms with Gasteiger partial charge in [-0.05, 0) is 35.4 Å². The minimum Gasteiger partial charge on any atom is -0.494 e. The molecule has 0 aromatic heterocycles. The first-order valence-corrected chi connectivity index (χ1v) is 7.15. The number of rotatable bonds is 3. The van der Waals surface area contributed by atoms with Crippen molar-refractivity contribution in [3.63, 3.8) is 0 Å². The zero-order chi connectivity index (χ0) is 14.0. The second-order valence-electron chi connectivity index (χ2n) is 4.04. The summed E-state index contributed by atoms with van der Waals surface area (Å²) >= 11 is 6.85. The van der Waals surface area contributed by atoms with Crippen molar-refractivity contribution in [3.05, 3.63) is 62.3 Å². The number of ether oxygens (including phenoxy) is 1. The molecule has 0 spiro atoms. The standard InChI is InChI=1S/C14H12Br2FNO/c1-19-13-5-2-8(6-12(13)17)14(18)10-4-3-9(15)7-11(10)16/h2-7,14H,18H2,1H3. The van der Waals surface area contributed by atoms with Gasteiger partial charge in [-0.15, -0.1) is 0 Å². The van der Waals surface area contributed by atoms with Crippen LogP contribution in [0.1, 0.15) is 17.2 Å². The van der Waals surface area contributed by atoms with Crippen LogP contribution in [-0.4, -0.2) is 7.11 Å². The number of benzene rings is 2. The van der Waals surface area contributed by atoms with Gasteiger partial charge >= 0.3 is 0 Å². The highest BCUT2D eigenvalue weighted by atomic mass is 79.9. The molecule has 2 nitrogen and oxygen atoms in total. The Morgan fingerprint density at radius 3 is 2.47 bits per heavy atom. The van der Waals surface area contributed by atoms with Gasteiger partial charge in [0.25, 0.3) is 0 Å². The molecule has 1 atom stereocenters. The highest BCUT2D eigenvalue weighted by Gasteiger charge is 2.14. The molecule has 0 radical (unpaired) electrons. The van der Waals surface area contributed by atoms with E-state index in [1.807, 2.05) is 18.2 Å². The highest BCUT2D eigenvalue weighted by Crippen LogP contribution is 2.30. The van der Waals surface area contributed by atoms with Crippen molar-refractivity contribution in [3.8, 4) is 5.75 Å². The van der Waals surface area contributed by atoms with Crippen LogP contribution in [0.3, 0.4) is 0 Å². The summed E-state index contributed by atoms with van der Waals surface area (Å²) < 4.78 is 20.4. The largest absolute Gasteiger partial charge is 0.494 e. The molecule has 0 fully saturated rings. The maximum atomic E-state index is 13.7. The van der Waals surface area contributed by atoms with Gasteiger partial charge in [0, 0.05) is 8.95 Å². The van der Waals surface area contributed by atoms with Crippen LogP contribution < -0.4 is 10.5 Å². The molecule has 2 aromatic carbocycles. The van der Waals surface area contributed by atoms with Crippen molar-refractivity contribution in [2.75, 3.05) is 7.11 Å². The molecule has 0 aliphatic heterocycles. The van der Waals surface area contributed by atoms with E-state index in [2.05, 4.69) is 31.9 Å². The van der Waals surface area contributed by atoms with Crippen molar-refractivity contribution in [2.45, 2.75) is 6.04 Å². The predicted octanol–water partition coefficient (Wildman–Crippen LogP) is 4.41. The van der Waals surface area contributed by atoms with Crippen molar-refractivity contribution in [2.24, 2.45) is 5.73 Å². The average molecular weight is 389 g/mol. The fraction of sp³-hybridized carbons (Fsp3) is 0.143. The lowest BCUT2D eigenvalue weighted by molar-refractivity contribution is 0.386. The lowest BCUT2D eigenvalue weighted by Crippen LogP contribution is -2.12. The molecule has 5 heteroatoms. The van der Waals surface area contributed by atoms with Crippen LogP contribution in [-0.2, 0) is 0 Å². The first kappa shape index (κ1) is 14.5. The number of hydrogen-bond donors (Lipinski definition) is 1. The Morgan fingerprint density at radius 2 is 1.89 bits per heavy atom. The van der Waals surface area contributed by atoms with Crippen LogP contribution in [0.4, 0.5) is 4.39 Å². The van der Waals surface area contributed by atoms with E-state index >= 15 is 0 Å². The predicted molar refractivity (Wildman–Crippen MR) is 80.8 cm³/mol. The number of methoxy groups -OCH3 is 1. The van der Waals surface area contributed by atoms with Crippen LogP contribution in [0.15, 0.2) is 45.3 Å². The third kappa shape index (κ3) is 3.16. The van der Waals surface area contributed by atoms with E-state index < -0.39 is 11.9 Å². The third-order valence-electron chi connectivity index (χ3n) is 2.83. The zero-order valence-electron chi connectivity index (χ0n) is 10.2. The van der Waals surface area contributed by atoms with Crippen molar-refractivity contribution in [1.82, 2.24) is 0 Å². The van der Waals surface area contributed by atoms with Gasteiger partial charge in [0.1, 0.15) is 0 Å². The first-order valence-electron chi connectivity index (χ1n) is 5.57. The fourth-order valence-electron chi connectivity index (χ4n) is 1.81. The molecule has 100 valence electrons. The molecule has 0 bridgehead atoms. The molecule has 2 aromatic rings. The lowest BCUT2D eigenvalue weighted by atomic mass is 9.99. The number of nitrogens with two attached hydrogens (primary N) is 1. The van der Waals surface area contributed by atoms with Crippen LogP contribution >= 0.6 is 31.9 Å². The van der Waals surface area contributed by atoms with Crippen molar-refractivity contribution in [1.29, 1.82) is 0 Å². The summed E-state index contributed by atoms with van der Waals surface area (Å²) in [5.41, 5.74) is 7.77. The Balaban J connectivity index is 2.38. The Labute approximate surface area is 128 Å². The van der Waals surface area contributed by atoms with Crippen molar-refractivity contribution < 1.29 is 9.13 Å². The summed E-state index contributed by atoms with van der Waals surface area (Å²) in [6, 6.07) is 10.1. The molecule has 0 saturated carbocycles. The highest BCUT2D eigenvalue weighted by molar-refractivity contribution is 9.11. The number of hydrogen-bond acceptors (Lipinski definition) is 2. The topological polar surface area (TPSA) is 35.2 Å².